The second kappa shape index (κ2) is 7.79. The topological polar surface area (TPSA) is 21.3 Å². The molecule has 0 aliphatic heterocycles. The Hall–Kier alpha value is -0.0800. The Morgan fingerprint density at radius 2 is 1.60 bits per heavy atom. The Morgan fingerprint density at radius 1 is 1.00 bits per heavy atom. The van der Waals surface area contributed by atoms with E-state index in [2.05, 4.69) is 26.1 Å². The summed E-state index contributed by atoms with van der Waals surface area (Å²) in [5, 5.41) is 3.66. The van der Waals surface area contributed by atoms with Crippen LogP contribution in [0, 0.1) is 5.92 Å². The predicted molar refractivity (Wildman–Crippen MR) is 86.1 cm³/mol. The van der Waals surface area contributed by atoms with Crippen molar-refractivity contribution in [3.63, 3.8) is 0 Å². The number of nitrogens with one attached hydrogen (secondary N) is 1. The van der Waals surface area contributed by atoms with Gasteiger partial charge in [-0.1, -0.05) is 46.5 Å². The minimum absolute atomic E-state index is 0.131. The van der Waals surface area contributed by atoms with Gasteiger partial charge in [-0.05, 0) is 44.4 Å². The van der Waals surface area contributed by atoms with Crippen molar-refractivity contribution in [3.8, 4) is 0 Å². The van der Waals surface area contributed by atoms with E-state index in [0.717, 1.165) is 12.5 Å². The molecule has 2 nitrogen and oxygen atoms in total. The Labute approximate surface area is 126 Å². The fourth-order valence-corrected chi connectivity index (χ4v) is 3.80. The molecule has 0 aromatic heterocycles. The number of hydrogen-bond donors (Lipinski definition) is 1. The van der Waals surface area contributed by atoms with Crippen LogP contribution < -0.4 is 5.32 Å². The normalized spacial score (nSPS) is 31.2. The molecule has 0 atom stereocenters. The van der Waals surface area contributed by atoms with Crippen molar-refractivity contribution in [2.24, 2.45) is 5.92 Å². The van der Waals surface area contributed by atoms with E-state index in [1.807, 2.05) is 0 Å². The highest BCUT2D eigenvalue weighted by Crippen LogP contribution is 2.35. The summed E-state index contributed by atoms with van der Waals surface area (Å²) in [7, 11) is 0. The van der Waals surface area contributed by atoms with Crippen molar-refractivity contribution in [2.75, 3.05) is 6.54 Å². The van der Waals surface area contributed by atoms with E-state index in [1.165, 1.54) is 64.2 Å². The summed E-state index contributed by atoms with van der Waals surface area (Å²) >= 11 is 0. The van der Waals surface area contributed by atoms with Gasteiger partial charge >= 0.3 is 0 Å². The quantitative estimate of drug-likeness (QED) is 0.739. The molecular formula is C18H35NO. The zero-order chi connectivity index (χ0) is 14.4. The van der Waals surface area contributed by atoms with Gasteiger partial charge in [0.05, 0.1) is 11.7 Å². The molecule has 2 saturated carbocycles. The van der Waals surface area contributed by atoms with Crippen LogP contribution in [0.2, 0.25) is 0 Å². The van der Waals surface area contributed by atoms with Crippen LogP contribution in [0.3, 0.4) is 0 Å². The van der Waals surface area contributed by atoms with Gasteiger partial charge in [0, 0.05) is 12.6 Å². The highest BCUT2D eigenvalue weighted by molar-refractivity contribution is 4.88. The standard InChI is InChI=1S/C18H35NO/c1-15(2)19-14-18(12-6-4-5-7-13-18)20-17-10-8-16(3)9-11-17/h15-17,19H,4-14H2,1-3H3. The summed E-state index contributed by atoms with van der Waals surface area (Å²) in [6.45, 7) is 7.92. The summed E-state index contributed by atoms with van der Waals surface area (Å²) < 4.78 is 6.74. The lowest BCUT2D eigenvalue weighted by molar-refractivity contribution is -0.115. The van der Waals surface area contributed by atoms with Crippen LogP contribution >= 0.6 is 0 Å². The SMILES string of the molecule is CC1CCC(OC2(CNC(C)C)CCCCCC2)CC1. The van der Waals surface area contributed by atoms with E-state index in [0.29, 0.717) is 12.1 Å². The Kier molecular flexibility index (Phi) is 6.35. The molecule has 2 aliphatic rings. The molecule has 0 heterocycles. The van der Waals surface area contributed by atoms with Crippen molar-refractivity contribution < 1.29 is 4.74 Å². The van der Waals surface area contributed by atoms with Crippen molar-refractivity contribution in [1.29, 1.82) is 0 Å². The van der Waals surface area contributed by atoms with Crippen molar-refractivity contribution in [3.05, 3.63) is 0 Å². The van der Waals surface area contributed by atoms with Crippen LogP contribution in [-0.4, -0.2) is 24.3 Å². The minimum Gasteiger partial charge on any atom is -0.370 e. The maximum absolute atomic E-state index is 6.74. The van der Waals surface area contributed by atoms with Gasteiger partial charge in [-0.2, -0.15) is 0 Å². The molecule has 118 valence electrons. The number of ether oxygens (including phenoxy) is 1. The molecule has 2 heteroatoms. The van der Waals surface area contributed by atoms with Crippen LogP contribution in [-0.2, 0) is 4.74 Å². The fourth-order valence-electron chi connectivity index (χ4n) is 3.80. The maximum atomic E-state index is 6.74. The first kappa shape index (κ1) is 16.3. The van der Waals surface area contributed by atoms with E-state index in [9.17, 15) is 0 Å². The zero-order valence-electron chi connectivity index (χ0n) is 13.9. The molecule has 2 rings (SSSR count). The average molecular weight is 281 g/mol. The molecule has 2 fully saturated rings. The second-order valence-electron chi connectivity index (χ2n) is 7.63. The molecule has 20 heavy (non-hydrogen) atoms. The van der Waals surface area contributed by atoms with Crippen LogP contribution in [0.25, 0.3) is 0 Å². The molecule has 0 aromatic carbocycles. The van der Waals surface area contributed by atoms with Crippen LogP contribution in [0.1, 0.15) is 85.0 Å². The largest absolute Gasteiger partial charge is 0.370 e. The Bertz CT molecular complexity index is 261. The van der Waals surface area contributed by atoms with E-state index < -0.39 is 0 Å². The van der Waals surface area contributed by atoms with Gasteiger partial charge in [-0.15, -0.1) is 0 Å². The van der Waals surface area contributed by atoms with Gasteiger partial charge < -0.3 is 10.1 Å². The summed E-state index contributed by atoms with van der Waals surface area (Å²) in [6, 6.07) is 0.560. The van der Waals surface area contributed by atoms with Crippen molar-refractivity contribution in [1.82, 2.24) is 5.32 Å². The van der Waals surface area contributed by atoms with E-state index >= 15 is 0 Å². The van der Waals surface area contributed by atoms with Crippen molar-refractivity contribution >= 4 is 0 Å². The van der Waals surface area contributed by atoms with Crippen LogP contribution in [0.4, 0.5) is 0 Å². The second-order valence-corrected chi connectivity index (χ2v) is 7.63. The first-order valence-corrected chi connectivity index (χ1v) is 9.01. The number of rotatable bonds is 5. The smallest absolute Gasteiger partial charge is 0.0810 e. The highest BCUT2D eigenvalue weighted by Gasteiger charge is 2.35. The highest BCUT2D eigenvalue weighted by atomic mass is 16.5. The van der Waals surface area contributed by atoms with E-state index in [1.54, 1.807) is 0 Å². The Morgan fingerprint density at radius 3 is 2.15 bits per heavy atom. The first-order valence-electron chi connectivity index (χ1n) is 9.01. The van der Waals surface area contributed by atoms with Crippen molar-refractivity contribution in [2.45, 2.75) is 103 Å². The monoisotopic (exact) mass is 281 g/mol. The molecule has 1 N–H and O–H groups in total. The minimum atomic E-state index is 0.131. The molecule has 2 aliphatic carbocycles. The molecule has 0 unspecified atom stereocenters. The fraction of sp³-hybridized carbons (Fsp3) is 1.00. The maximum Gasteiger partial charge on any atom is 0.0810 e. The molecule has 0 radical (unpaired) electrons. The van der Waals surface area contributed by atoms with E-state index in [4.69, 9.17) is 4.74 Å². The van der Waals surface area contributed by atoms with Gasteiger partial charge in [-0.3, -0.25) is 0 Å². The third-order valence-electron chi connectivity index (χ3n) is 5.23. The van der Waals surface area contributed by atoms with Gasteiger partial charge in [-0.25, -0.2) is 0 Å². The summed E-state index contributed by atoms with van der Waals surface area (Å²) in [5.74, 6) is 0.911. The third-order valence-corrected chi connectivity index (χ3v) is 5.23. The van der Waals surface area contributed by atoms with E-state index in [-0.39, 0.29) is 5.60 Å². The summed E-state index contributed by atoms with van der Waals surface area (Å²) in [5.41, 5.74) is 0.131. The lowest BCUT2D eigenvalue weighted by Gasteiger charge is -2.39. The summed E-state index contributed by atoms with van der Waals surface area (Å²) in [6.07, 6.45) is 13.8. The molecule has 0 saturated heterocycles. The summed E-state index contributed by atoms with van der Waals surface area (Å²) in [4.78, 5) is 0. The molecule has 0 bridgehead atoms. The van der Waals surface area contributed by atoms with Crippen LogP contribution in [0.5, 0.6) is 0 Å². The van der Waals surface area contributed by atoms with Gasteiger partial charge in [0.25, 0.3) is 0 Å². The Balaban J connectivity index is 1.93. The van der Waals surface area contributed by atoms with Gasteiger partial charge in [0.1, 0.15) is 0 Å². The third kappa shape index (κ3) is 5.04. The van der Waals surface area contributed by atoms with Gasteiger partial charge in [0.2, 0.25) is 0 Å². The molecule has 0 aromatic rings. The molecule has 0 amide bonds. The molecular weight excluding hydrogens is 246 g/mol. The molecule has 0 spiro atoms. The lowest BCUT2D eigenvalue weighted by Crippen LogP contribution is -2.47. The first-order chi connectivity index (χ1) is 9.60. The number of hydrogen-bond acceptors (Lipinski definition) is 2. The zero-order valence-corrected chi connectivity index (χ0v) is 13.9. The van der Waals surface area contributed by atoms with Gasteiger partial charge in [0.15, 0.2) is 0 Å². The predicted octanol–water partition coefficient (Wildman–Crippen LogP) is 4.67. The average Bonchev–Trinajstić information content (AvgIpc) is 2.66. The van der Waals surface area contributed by atoms with Crippen LogP contribution in [0.15, 0.2) is 0 Å². The lowest BCUT2D eigenvalue weighted by atomic mass is 9.87.